The van der Waals surface area contributed by atoms with Crippen molar-refractivity contribution in [2.24, 2.45) is 11.8 Å². The van der Waals surface area contributed by atoms with Crippen molar-refractivity contribution in [1.29, 1.82) is 0 Å². The first-order valence-electron chi connectivity index (χ1n) is 13.7. The third-order valence-corrected chi connectivity index (χ3v) is 8.58. The lowest BCUT2D eigenvalue weighted by molar-refractivity contribution is -0.121. The lowest BCUT2D eigenvalue weighted by Gasteiger charge is -2.57. The van der Waals surface area contributed by atoms with Crippen molar-refractivity contribution in [3.8, 4) is 5.75 Å². The van der Waals surface area contributed by atoms with Crippen LogP contribution >= 0.6 is 0 Å². The summed E-state index contributed by atoms with van der Waals surface area (Å²) in [5.74, 6) is 1.98. The number of hydrogen-bond donors (Lipinski definition) is 2. The molecule has 0 spiro atoms. The van der Waals surface area contributed by atoms with E-state index >= 15 is 0 Å². The van der Waals surface area contributed by atoms with E-state index in [4.69, 9.17) is 0 Å². The zero-order chi connectivity index (χ0) is 24.0. The Labute approximate surface area is 210 Å². The maximum atomic E-state index is 12.6. The molecule has 0 unspecified atom stereocenters. The van der Waals surface area contributed by atoms with Gasteiger partial charge in [0, 0.05) is 38.1 Å². The van der Waals surface area contributed by atoms with Gasteiger partial charge in [-0.15, -0.1) is 0 Å². The highest BCUT2D eigenvalue weighted by atomic mass is 16.3. The largest absolute Gasteiger partial charge is 0.508 e. The molecule has 4 atom stereocenters. The normalized spacial score (nSPS) is 26.7. The van der Waals surface area contributed by atoms with Crippen LogP contribution in [-0.2, 0) is 17.8 Å². The molecular weight excluding hydrogens is 434 g/mol. The van der Waals surface area contributed by atoms with Crippen molar-refractivity contribution in [3.63, 3.8) is 0 Å². The van der Waals surface area contributed by atoms with Gasteiger partial charge in [0.2, 0.25) is 5.91 Å². The van der Waals surface area contributed by atoms with Crippen molar-refractivity contribution >= 4 is 5.91 Å². The number of carbonyl (C=O) groups is 1. The van der Waals surface area contributed by atoms with Crippen LogP contribution in [0.4, 0.5) is 0 Å². The van der Waals surface area contributed by atoms with Crippen LogP contribution in [0.1, 0.15) is 56.1 Å². The first-order valence-corrected chi connectivity index (χ1v) is 13.7. The van der Waals surface area contributed by atoms with Gasteiger partial charge >= 0.3 is 0 Å². The van der Waals surface area contributed by atoms with E-state index in [1.807, 2.05) is 12.1 Å². The van der Waals surface area contributed by atoms with Crippen molar-refractivity contribution in [2.75, 3.05) is 26.2 Å². The first kappa shape index (κ1) is 24.3. The second kappa shape index (κ2) is 11.6. The zero-order valence-electron chi connectivity index (χ0n) is 20.9. The molecule has 0 aromatic heterocycles. The Morgan fingerprint density at radius 3 is 2.54 bits per heavy atom. The molecule has 1 amide bonds. The summed E-state index contributed by atoms with van der Waals surface area (Å²) in [6, 6.07) is 19.5. The summed E-state index contributed by atoms with van der Waals surface area (Å²) in [6.07, 6.45) is 8.85. The fourth-order valence-electron chi connectivity index (χ4n) is 7.05. The number of amides is 1. The summed E-state index contributed by atoms with van der Waals surface area (Å²) in [5.41, 5.74) is 2.54. The van der Waals surface area contributed by atoms with Crippen molar-refractivity contribution in [1.82, 2.24) is 15.1 Å². The Morgan fingerprint density at radius 2 is 1.74 bits per heavy atom. The van der Waals surface area contributed by atoms with Crippen molar-refractivity contribution < 1.29 is 9.90 Å². The highest BCUT2D eigenvalue weighted by Gasteiger charge is 2.48. The van der Waals surface area contributed by atoms with E-state index in [0.29, 0.717) is 19.0 Å². The summed E-state index contributed by atoms with van der Waals surface area (Å²) in [4.78, 5) is 18.2. The van der Waals surface area contributed by atoms with Crippen LogP contribution in [-0.4, -0.2) is 59.1 Å². The van der Waals surface area contributed by atoms with Crippen molar-refractivity contribution in [2.45, 2.75) is 70.0 Å². The molecule has 188 valence electrons. The number of phenols is 1. The van der Waals surface area contributed by atoms with Gasteiger partial charge in [0.05, 0.1) is 0 Å². The fourth-order valence-corrected chi connectivity index (χ4v) is 7.05. The number of likely N-dealkylation sites (tertiary alicyclic amines) is 1. The molecule has 0 radical (unpaired) electrons. The summed E-state index contributed by atoms with van der Waals surface area (Å²) in [7, 11) is 0. The number of hydrogen-bond acceptors (Lipinski definition) is 4. The molecule has 0 saturated carbocycles. The Balaban J connectivity index is 1.17. The van der Waals surface area contributed by atoms with Gasteiger partial charge in [-0.25, -0.2) is 0 Å². The van der Waals surface area contributed by atoms with Crippen LogP contribution in [0, 0.1) is 11.8 Å². The standard InChI is InChI=1S/C30H41N3O2/c34-26-15-13-23(14-16-26)17-18-31-29(35)12-4-11-28-27-10-6-20-32-19-5-9-25(30(27)32)22-33(28)21-24-7-2-1-3-8-24/h1-3,7-8,13-16,25,27-28,30,34H,4-6,9-12,17-22H2,(H,31,35)/t25-,27+,28+,30-/m0/s1. The van der Waals surface area contributed by atoms with Crippen LogP contribution in [0.15, 0.2) is 54.6 Å². The molecule has 0 bridgehead atoms. The van der Waals surface area contributed by atoms with E-state index in [1.165, 1.54) is 50.9 Å². The number of phenolic OH excluding ortho intramolecular Hbond substituents is 1. The van der Waals surface area contributed by atoms with Gasteiger partial charge in [-0.1, -0.05) is 42.5 Å². The smallest absolute Gasteiger partial charge is 0.220 e. The Kier molecular flexibility index (Phi) is 8.05. The van der Waals surface area contributed by atoms with E-state index in [9.17, 15) is 9.90 Å². The average Bonchev–Trinajstić information content (AvgIpc) is 2.88. The molecule has 3 aliphatic rings. The highest BCUT2D eigenvalue weighted by Crippen LogP contribution is 2.43. The minimum atomic E-state index is 0.162. The number of piperidine rings is 3. The van der Waals surface area contributed by atoms with Gasteiger partial charge in [-0.05, 0) is 93.1 Å². The molecule has 0 aliphatic carbocycles. The highest BCUT2D eigenvalue weighted by molar-refractivity contribution is 5.75. The van der Waals surface area contributed by atoms with Gasteiger partial charge in [0.15, 0.2) is 0 Å². The van der Waals surface area contributed by atoms with E-state index in [1.54, 1.807) is 12.1 Å². The van der Waals surface area contributed by atoms with Crippen LogP contribution in [0.2, 0.25) is 0 Å². The lowest BCUT2D eigenvalue weighted by atomic mass is 9.69. The lowest BCUT2D eigenvalue weighted by Crippen LogP contribution is -2.64. The van der Waals surface area contributed by atoms with Crippen LogP contribution < -0.4 is 5.32 Å². The molecule has 3 aliphatic heterocycles. The average molecular weight is 476 g/mol. The monoisotopic (exact) mass is 475 g/mol. The number of carbonyl (C=O) groups excluding carboxylic acids is 1. The van der Waals surface area contributed by atoms with Crippen LogP contribution in [0.5, 0.6) is 5.75 Å². The van der Waals surface area contributed by atoms with Gasteiger partial charge in [0.1, 0.15) is 5.75 Å². The summed E-state index contributed by atoms with van der Waals surface area (Å²) in [5, 5.41) is 12.5. The quantitative estimate of drug-likeness (QED) is 0.557. The number of aromatic hydroxyl groups is 1. The number of rotatable bonds is 9. The minimum absolute atomic E-state index is 0.162. The number of nitrogens with one attached hydrogen (secondary N) is 1. The molecule has 3 saturated heterocycles. The Bertz CT molecular complexity index is 946. The number of nitrogens with zero attached hydrogens (tertiary/aromatic N) is 2. The Morgan fingerprint density at radius 1 is 0.971 bits per heavy atom. The summed E-state index contributed by atoms with van der Waals surface area (Å²) >= 11 is 0. The van der Waals surface area contributed by atoms with Gasteiger partial charge in [-0.2, -0.15) is 0 Å². The predicted octanol–water partition coefficient (Wildman–Crippen LogP) is 4.60. The van der Waals surface area contributed by atoms with E-state index in [2.05, 4.69) is 45.4 Å². The molecule has 3 fully saturated rings. The molecule has 2 aromatic carbocycles. The molecule has 3 heterocycles. The third kappa shape index (κ3) is 6.07. The predicted molar refractivity (Wildman–Crippen MR) is 140 cm³/mol. The van der Waals surface area contributed by atoms with Crippen LogP contribution in [0.3, 0.4) is 0 Å². The van der Waals surface area contributed by atoms with Crippen molar-refractivity contribution in [3.05, 3.63) is 65.7 Å². The minimum Gasteiger partial charge on any atom is -0.508 e. The second-order valence-corrected chi connectivity index (χ2v) is 10.9. The molecule has 2 aromatic rings. The maximum absolute atomic E-state index is 12.6. The molecule has 5 rings (SSSR count). The molecule has 5 nitrogen and oxygen atoms in total. The third-order valence-electron chi connectivity index (χ3n) is 8.58. The summed E-state index contributed by atoms with van der Waals surface area (Å²) < 4.78 is 0. The van der Waals surface area contributed by atoms with Gasteiger partial charge in [0.25, 0.3) is 0 Å². The topological polar surface area (TPSA) is 55.8 Å². The SMILES string of the molecule is O=C(CCC[C@@H]1[C@H]2CCCN3CCC[C@@H](CN1Cc1ccccc1)[C@@H]23)NCCc1ccc(O)cc1. The summed E-state index contributed by atoms with van der Waals surface area (Å²) in [6.45, 7) is 5.45. The van der Waals surface area contributed by atoms with Gasteiger partial charge in [-0.3, -0.25) is 14.6 Å². The van der Waals surface area contributed by atoms with Gasteiger partial charge < -0.3 is 10.4 Å². The Hall–Kier alpha value is -2.37. The second-order valence-electron chi connectivity index (χ2n) is 10.9. The zero-order valence-corrected chi connectivity index (χ0v) is 20.9. The molecular formula is C30H41N3O2. The van der Waals surface area contributed by atoms with E-state index in [-0.39, 0.29) is 11.7 Å². The number of benzene rings is 2. The van der Waals surface area contributed by atoms with E-state index < -0.39 is 0 Å². The van der Waals surface area contributed by atoms with E-state index in [0.717, 1.165) is 49.2 Å². The fraction of sp³-hybridized carbons (Fsp3) is 0.567. The maximum Gasteiger partial charge on any atom is 0.220 e. The molecule has 35 heavy (non-hydrogen) atoms. The molecule has 5 heteroatoms. The first-order chi connectivity index (χ1) is 17.2. The molecule has 2 N–H and O–H groups in total. The van der Waals surface area contributed by atoms with Crippen LogP contribution in [0.25, 0.3) is 0 Å².